The first-order chi connectivity index (χ1) is 6.27. The van der Waals surface area contributed by atoms with Crippen molar-refractivity contribution in [3.8, 4) is 0 Å². The lowest BCUT2D eigenvalue weighted by Crippen LogP contribution is -2.07. The van der Waals surface area contributed by atoms with Gasteiger partial charge in [-0.15, -0.1) is 0 Å². The van der Waals surface area contributed by atoms with Crippen molar-refractivity contribution in [1.29, 1.82) is 0 Å². The van der Waals surface area contributed by atoms with Gasteiger partial charge in [0.15, 0.2) is 0 Å². The molecule has 0 spiro atoms. The largest absolute Gasteiger partial charge is 0.475 e. The van der Waals surface area contributed by atoms with E-state index < -0.39 is 5.97 Å². The van der Waals surface area contributed by atoms with Crippen molar-refractivity contribution in [3.05, 3.63) is 23.7 Å². The summed E-state index contributed by atoms with van der Waals surface area (Å²) < 4.78 is 5.19. The summed E-state index contributed by atoms with van der Waals surface area (Å²) in [5.41, 5.74) is 0. The standard InChI is InChI=1S/C9H11NO3/c11-9(12)8-2-1-7(13-8)6-3-4-10-5-6/h1-2,6,10H,3-5H2,(H,11,12). The molecule has 4 nitrogen and oxygen atoms in total. The molecule has 4 heteroatoms. The Kier molecular flexibility index (Phi) is 2.06. The van der Waals surface area contributed by atoms with Crippen LogP contribution in [-0.4, -0.2) is 24.2 Å². The molecule has 1 unspecified atom stereocenters. The number of aromatic carboxylic acids is 1. The van der Waals surface area contributed by atoms with Crippen LogP contribution in [0.1, 0.15) is 28.7 Å². The second-order valence-electron chi connectivity index (χ2n) is 3.20. The first kappa shape index (κ1) is 8.31. The molecule has 0 bridgehead atoms. The van der Waals surface area contributed by atoms with Crippen molar-refractivity contribution in [2.24, 2.45) is 0 Å². The molecule has 0 saturated carbocycles. The summed E-state index contributed by atoms with van der Waals surface area (Å²) >= 11 is 0. The second-order valence-corrected chi connectivity index (χ2v) is 3.20. The molecule has 0 aliphatic carbocycles. The summed E-state index contributed by atoms with van der Waals surface area (Å²) in [4.78, 5) is 10.5. The van der Waals surface area contributed by atoms with Crippen LogP contribution < -0.4 is 5.32 Å². The van der Waals surface area contributed by atoms with Crippen LogP contribution >= 0.6 is 0 Å². The summed E-state index contributed by atoms with van der Waals surface area (Å²) in [5.74, 6) is 0.148. The number of nitrogens with one attached hydrogen (secondary N) is 1. The third-order valence-corrected chi connectivity index (χ3v) is 2.30. The maximum atomic E-state index is 10.5. The van der Waals surface area contributed by atoms with Crippen molar-refractivity contribution in [2.75, 3.05) is 13.1 Å². The monoisotopic (exact) mass is 181 g/mol. The molecule has 2 N–H and O–H groups in total. The number of hydrogen-bond acceptors (Lipinski definition) is 3. The minimum absolute atomic E-state index is 0.0295. The molecule has 2 rings (SSSR count). The van der Waals surface area contributed by atoms with Gasteiger partial charge in [-0.2, -0.15) is 0 Å². The summed E-state index contributed by atoms with van der Waals surface area (Å²) in [6.07, 6.45) is 1.02. The first-order valence-corrected chi connectivity index (χ1v) is 4.31. The fourth-order valence-corrected chi connectivity index (χ4v) is 1.58. The van der Waals surface area contributed by atoms with E-state index in [0.717, 1.165) is 25.3 Å². The fraction of sp³-hybridized carbons (Fsp3) is 0.444. The Hall–Kier alpha value is -1.29. The number of carbonyl (C=O) groups is 1. The van der Waals surface area contributed by atoms with E-state index in [1.807, 2.05) is 0 Å². The Labute approximate surface area is 75.6 Å². The zero-order chi connectivity index (χ0) is 9.26. The molecule has 2 heterocycles. The quantitative estimate of drug-likeness (QED) is 0.716. The van der Waals surface area contributed by atoms with Gasteiger partial charge in [-0.1, -0.05) is 0 Å². The van der Waals surface area contributed by atoms with E-state index in [9.17, 15) is 4.79 Å². The van der Waals surface area contributed by atoms with Crippen LogP contribution in [0.3, 0.4) is 0 Å². The number of furan rings is 1. The molecule has 1 fully saturated rings. The predicted molar refractivity (Wildman–Crippen MR) is 45.9 cm³/mol. The van der Waals surface area contributed by atoms with Crippen molar-refractivity contribution in [3.63, 3.8) is 0 Å². The maximum Gasteiger partial charge on any atom is 0.371 e. The van der Waals surface area contributed by atoms with E-state index in [1.54, 1.807) is 6.07 Å². The summed E-state index contributed by atoms with van der Waals surface area (Å²) in [7, 11) is 0. The topological polar surface area (TPSA) is 62.5 Å². The molecular formula is C9H11NO3. The molecule has 1 aliphatic rings. The van der Waals surface area contributed by atoms with Crippen molar-refractivity contribution >= 4 is 5.97 Å². The lowest BCUT2D eigenvalue weighted by atomic mass is 10.1. The highest BCUT2D eigenvalue weighted by Gasteiger charge is 2.21. The average molecular weight is 181 g/mol. The smallest absolute Gasteiger partial charge is 0.371 e. The van der Waals surface area contributed by atoms with E-state index in [1.165, 1.54) is 6.07 Å². The van der Waals surface area contributed by atoms with E-state index in [4.69, 9.17) is 9.52 Å². The van der Waals surface area contributed by atoms with Gasteiger partial charge < -0.3 is 14.8 Å². The van der Waals surface area contributed by atoms with E-state index in [2.05, 4.69) is 5.32 Å². The number of hydrogen-bond donors (Lipinski definition) is 2. The Morgan fingerprint density at radius 2 is 2.46 bits per heavy atom. The van der Waals surface area contributed by atoms with E-state index >= 15 is 0 Å². The predicted octanol–water partition coefficient (Wildman–Crippen LogP) is 1.05. The molecule has 1 aromatic rings. The molecule has 70 valence electrons. The Morgan fingerprint density at radius 3 is 3.00 bits per heavy atom. The van der Waals surface area contributed by atoms with Crippen molar-refractivity contribution in [1.82, 2.24) is 5.32 Å². The van der Waals surface area contributed by atoms with E-state index in [-0.39, 0.29) is 5.76 Å². The van der Waals surface area contributed by atoms with Gasteiger partial charge in [0.05, 0.1) is 0 Å². The van der Waals surface area contributed by atoms with Gasteiger partial charge in [0.1, 0.15) is 5.76 Å². The lowest BCUT2D eigenvalue weighted by Gasteiger charge is -2.01. The SMILES string of the molecule is O=C(O)c1ccc(C2CCNC2)o1. The van der Waals surface area contributed by atoms with Gasteiger partial charge in [0.25, 0.3) is 0 Å². The van der Waals surface area contributed by atoms with Gasteiger partial charge in [0, 0.05) is 12.5 Å². The van der Waals surface area contributed by atoms with Gasteiger partial charge >= 0.3 is 5.97 Å². The highest BCUT2D eigenvalue weighted by Crippen LogP contribution is 2.24. The maximum absolute atomic E-state index is 10.5. The van der Waals surface area contributed by atoms with Gasteiger partial charge in [-0.25, -0.2) is 4.79 Å². The zero-order valence-electron chi connectivity index (χ0n) is 7.12. The Bertz CT molecular complexity index is 312. The summed E-state index contributed by atoms with van der Waals surface area (Å²) in [5, 5.41) is 11.8. The molecule has 1 aliphatic heterocycles. The van der Waals surface area contributed by atoms with Crippen LogP contribution in [0.25, 0.3) is 0 Å². The van der Waals surface area contributed by atoms with Crippen LogP contribution in [0.15, 0.2) is 16.5 Å². The van der Waals surface area contributed by atoms with Crippen LogP contribution in [0, 0.1) is 0 Å². The van der Waals surface area contributed by atoms with Crippen molar-refractivity contribution in [2.45, 2.75) is 12.3 Å². The van der Waals surface area contributed by atoms with Crippen LogP contribution in [-0.2, 0) is 0 Å². The Morgan fingerprint density at radius 1 is 1.62 bits per heavy atom. The van der Waals surface area contributed by atoms with Gasteiger partial charge in [0.2, 0.25) is 5.76 Å². The number of carboxylic acids is 1. The molecule has 0 aromatic carbocycles. The molecule has 0 amide bonds. The van der Waals surface area contributed by atoms with Crippen LogP contribution in [0.2, 0.25) is 0 Å². The second kappa shape index (κ2) is 3.22. The highest BCUT2D eigenvalue weighted by molar-refractivity contribution is 5.84. The third-order valence-electron chi connectivity index (χ3n) is 2.30. The van der Waals surface area contributed by atoms with E-state index in [0.29, 0.717) is 5.92 Å². The number of carboxylic acid groups (broad SMARTS) is 1. The van der Waals surface area contributed by atoms with Crippen molar-refractivity contribution < 1.29 is 14.3 Å². The van der Waals surface area contributed by atoms with Gasteiger partial charge in [-0.3, -0.25) is 0 Å². The average Bonchev–Trinajstić information content (AvgIpc) is 2.75. The third kappa shape index (κ3) is 1.58. The highest BCUT2D eigenvalue weighted by atomic mass is 16.4. The molecular weight excluding hydrogens is 170 g/mol. The summed E-state index contributed by atoms with van der Waals surface area (Å²) in [6, 6.07) is 3.26. The Balaban J connectivity index is 2.16. The minimum atomic E-state index is -1.00. The first-order valence-electron chi connectivity index (χ1n) is 4.31. The van der Waals surface area contributed by atoms with Gasteiger partial charge in [-0.05, 0) is 25.1 Å². The lowest BCUT2D eigenvalue weighted by molar-refractivity contribution is 0.0660. The van der Waals surface area contributed by atoms with Crippen LogP contribution in [0.5, 0.6) is 0 Å². The fourth-order valence-electron chi connectivity index (χ4n) is 1.58. The summed E-state index contributed by atoms with van der Waals surface area (Å²) in [6.45, 7) is 1.86. The zero-order valence-corrected chi connectivity index (χ0v) is 7.12. The number of rotatable bonds is 2. The molecule has 1 atom stereocenters. The minimum Gasteiger partial charge on any atom is -0.475 e. The molecule has 1 saturated heterocycles. The molecule has 13 heavy (non-hydrogen) atoms. The molecule has 0 radical (unpaired) electrons. The normalized spacial score (nSPS) is 22.0. The molecule has 1 aromatic heterocycles. The van der Waals surface area contributed by atoms with Crippen LogP contribution in [0.4, 0.5) is 0 Å².